The van der Waals surface area contributed by atoms with Crippen LogP contribution in [0, 0.1) is 0 Å². The third-order valence-electron chi connectivity index (χ3n) is 2.94. The number of benzene rings is 2. The van der Waals surface area contributed by atoms with Gasteiger partial charge in [-0.2, -0.15) is 0 Å². The first-order valence-corrected chi connectivity index (χ1v) is 6.02. The second-order valence-corrected chi connectivity index (χ2v) is 4.32. The van der Waals surface area contributed by atoms with Gasteiger partial charge in [-0.05, 0) is 24.8 Å². The van der Waals surface area contributed by atoms with Crippen LogP contribution < -0.4 is 0 Å². The summed E-state index contributed by atoms with van der Waals surface area (Å²) in [7, 11) is 0. The predicted molar refractivity (Wildman–Crippen MR) is 69.2 cm³/mol. The van der Waals surface area contributed by atoms with Crippen molar-refractivity contribution in [2.75, 3.05) is 0 Å². The zero-order valence-electron chi connectivity index (χ0n) is 10.5. The van der Waals surface area contributed by atoms with Gasteiger partial charge in [-0.15, -0.1) is 0 Å². The summed E-state index contributed by atoms with van der Waals surface area (Å²) in [6.45, 7) is 3.77. The quantitative estimate of drug-likeness (QED) is 0.766. The molecule has 0 aliphatic heterocycles. The Labute approximate surface area is 106 Å². The first kappa shape index (κ1) is 12.4. The van der Waals surface area contributed by atoms with Gasteiger partial charge in [-0.3, -0.25) is 5.11 Å². The normalized spacial score (nSPS) is 12.3. The van der Waals surface area contributed by atoms with Crippen LogP contribution in [0.15, 0.2) is 36.4 Å². The van der Waals surface area contributed by atoms with Crippen LogP contribution in [0.1, 0.15) is 30.6 Å². The smallest absolute Gasteiger partial charge is 0.338 e. The van der Waals surface area contributed by atoms with Crippen molar-refractivity contribution in [1.82, 2.24) is 0 Å². The van der Waals surface area contributed by atoms with E-state index < -0.39 is 5.97 Å². The van der Waals surface area contributed by atoms with E-state index in [1.54, 1.807) is 18.2 Å². The van der Waals surface area contributed by atoms with Crippen LogP contribution >= 0.6 is 0 Å². The van der Waals surface area contributed by atoms with E-state index in [1.807, 2.05) is 26.0 Å². The average molecular weight is 243 g/mol. The summed E-state index contributed by atoms with van der Waals surface area (Å²) in [6, 6.07) is 10.2. The number of ether oxygens (including phenoxy) is 1. The molecule has 2 aromatic carbocycles. The Hall–Kier alpha value is -2.03. The number of fused-ring (bicyclic) bond motifs is 1. The number of hydrogen-bond acceptors (Lipinski definition) is 2. The summed E-state index contributed by atoms with van der Waals surface area (Å²) >= 11 is 0. The Bertz CT molecular complexity index is 575. The third-order valence-corrected chi connectivity index (χ3v) is 2.94. The van der Waals surface area contributed by atoms with Crippen LogP contribution in [0.2, 0.25) is 0 Å². The molecule has 0 aromatic heterocycles. The van der Waals surface area contributed by atoms with E-state index in [2.05, 4.69) is 0 Å². The van der Waals surface area contributed by atoms with Crippen LogP contribution in [0.3, 0.4) is 0 Å². The van der Waals surface area contributed by atoms with Crippen LogP contribution in [-0.4, -0.2) is 12.1 Å². The summed E-state index contributed by atoms with van der Waals surface area (Å²) in [5, 5.41) is 13.2. The minimum absolute atomic E-state index is 0.140. The number of carbonyl (C=O) groups excluding carboxylic acids is 1. The van der Waals surface area contributed by atoms with Crippen molar-refractivity contribution in [2.45, 2.75) is 26.4 Å². The SMILES string of the molecule is CCC(C)OC(=O)c1cc([O])c2ccccc2c1. The molecule has 0 spiro atoms. The van der Waals surface area contributed by atoms with Gasteiger partial charge in [-0.1, -0.05) is 31.2 Å². The van der Waals surface area contributed by atoms with Gasteiger partial charge in [0.05, 0.1) is 11.7 Å². The molecule has 1 unspecified atom stereocenters. The Morgan fingerprint density at radius 2 is 2.00 bits per heavy atom. The van der Waals surface area contributed by atoms with E-state index in [-0.39, 0.29) is 11.9 Å². The Kier molecular flexibility index (Phi) is 3.51. The molecule has 0 N–H and O–H groups in total. The Balaban J connectivity index is 2.37. The fraction of sp³-hybridized carbons (Fsp3) is 0.267. The zero-order chi connectivity index (χ0) is 13.1. The highest BCUT2D eigenvalue weighted by Gasteiger charge is 2.14. The van der Waals surface area contributed by atoms with Crippen LogP contribution in [-0.2, 0) is 9.84 Å². The van der Waals surface area contributed by atoms with Gasteiger partial charge in [0.1, 0.15) is 0 Å². The largest absolute Gasteiger partial charge is 0.459 e. The summed E-state index contributed by atoms with van der Waals surface area (Å²) in [5.74, 6) is -0.587. The molecule has 0 saturated carbocycles. The maximum absolute atomic E-state index is 11.9. The molecule has 1 atom stereocenters. The van der Waals surface area contributed by atoms with E-state index in [9.17, 15) is 9.90 Å². The second-order valence-electron chi connectivity index (χ2n) is 4.32. The molecule has 18 heavy (non-hydrogen) atoms. The van der Waals surface area contributed by atoms with Crippen molar-refractivity contribution in [1.29, 1.82) is 0 Å². The van der Waals surface area contributed by atoms with E-state index in [0.717, 1.165) is 11.8 Å². The number of carbonyl (C=O) groups is 1. The van der Waals surface area contributed by atoms with Crippen LogP contribution in [0.25, 0.3) is 10.8 Å². The highest BCUT2D eigenvalue weighted by Crippen LogP contribution is 2.27. The zero-order valence-corrected chi connectivity index (χ0v) is 10.5. The maximum atomic E-state index is 11.9. The lowest BCUT2D eigenvalue weighted by molar-refractivity contribution is 0.0334. The van der Waals surface area contributed by atoms with Gasteiger partial charge >= 0.3 is 5.97 Å². The van der Waals surface area contributed by atoms with Crippen LogP contribution in [0.5, 0.6) is 5.75 Å². The molecule has 2 aromatic rings. The monoisotopic (exact) mass is 243 g/mol. The fourth-order valence-electron chi connectivity index (χ4n) is 1.73. The van der Waals surface area contributed by atoms with E-state index >= 15 is 0 Å². The molecule has 0 amide bonds. The van der Waals surface area contributed by atoms with E-state index in [4.69, 9.17) is 4.74 Å². The van der Waals surface area contributed by atoms with Crippen molar-refractivity contribution < 1.29 is 14.6 Å². The molecule has 0 aliphatic carbocycles. The molecule has 3 heteroatoms. The van der Waals surface area contributed by atoms with E-state index in [1.165, 1.54) is 6.07 Å². The minimum Gasteiger partial charge on any atom is -0.459 e. The highest BCUT2D eigenvalue weighted by molar-refractivity contribution is 5.98. The summed E-state index contributed by atoms with van der Waals surface area (Å²) in [4.78, 5) is 11.8. The number of esters is 1. The van der Waals surface area contributed by atoms with Crippen LogP contribution in [0.4, 0.5) is 0 Å². The first-order valence-electron chi connectivity index (χ1n) is 6.02. The van der Waals surface area contributed by atoms with Gasteiger partial charge < -0.3 is 4.74 Å². The van der Waals surface area contributed by atoms with Crippen molar-refractivity contribution >= 4 is 16.7 Å². The van der Waals surface area contributed by atoms with Gasteiger partial charge in [0.15, 0.2) is 5.75 Å². The molecule has 2 rings (SSSR count). The molecular formula is C15H15O3. The first-order chi connectivity index (χ1) is 8.61. The second kappa shape index (κ2) is 5.08. The summed E-state index contributed by atoms with van der Waals surface area (Å²) in [5.41, 5.74) is 0.319. The molecular weight excluding hydrogens is 228 g/mol. The Morgan fingerprint density at radius 3 is 2.72 bits per heavy atom. The minimum atomic E-state index is -0.438. The molecule has 0 fully saturated rings. The van der Waals surface area contributed by atoms with Gasteiger partial charge in [0.2, 0.25) is 0 Å². The molecule has 0 aliphatic rings. The maximum Gasteiger partial charge on any atom is 0.338 e. The summed E-state index contributed by atoms with van der Waals surface area (Å²) in [6.07, 6.45) is 0.614. The van der Waals surface area contributed by atoms with Crippen molar-refractivity contribution in [3.63, 3.8) is 0 Å². The van der Waals surface area contributed by atoms with Crippen molar-refractivity contribution in [3.05, 3.63) is 42.0 Å². The molecule has 3 nitrogen and oxygen atoms in total. The Morgan fingerprint density at radius 1 is 1.28 bits per heavy atom. The highest BCUT2D eigenvalue weighted by atomic mass is 16.5. The van der Waals surface area contributed by atoms with Gasteiger partial charge in [0.25, 0.3) is 0 Å². The molecule has 0 bridgehead atoms. The number of hydrogen-bond donors (Lipinski definition) is 0. The molecule has 1 radical (unpaired) electrons. The molecule has 93 valence electrons. The van der Waals surface area contributed by atoms with Gasteiger partial charge in [0, 0.05) is 11.5 Å². The van der Waals surface area contributed by atoms with Gasteiger partial charge in [-0.25, -0.2) is 4.79 Å². The number of rotatable bonds is 3. The lowest BCUT2D eigenvalue weighted by atomic mass is 10.1. The van der Waals surface area contributed by atoms with Crippen molar-refractivity contribution in [3.8, 4) is 5.75 Å². The van der Waals surface area contributed by atoms with Crippen molar-refractivity contribution in [2.24, 2.45) is 0 Å². The molecule has 0 saturated heterocycles. The lowest BCUT2D eigenvalue weighted by Gasteiger charge is -2.11. The third kappa shape index (κ3) is 2.45. The topological polar surface area (TPSA) is 46.2 Å². The van der Waals surface area contributed by atoms with E-state index in [0.29, 0.717) is 10.9 Å². The lowest BCUT2D eigenvalue weighted by Crippen LogP contribution is -2.13. The predicted octanol–water partition coefficient (Wildman–Crippen LogP) is 3.94. The fourth-order valence-corrected chi connectivity index (χ4v) is 1.73. The standard InChI is InChI=1S/C15H15O3/c1-3-10(2)18-15(17)12-8-11-6-4-5-7-13(11)14(16)9-12/h4-10H,3H2,1-2H3. The molecule has 0 heterocycles. The summed E-state index contributed by atoms with van der Waals surface area (Å²) < 4.78 is 5.21. The average Bonchev–Trinajstić information content (AvgIpc) is 2.38.